The molecule has 0 saturated carbocycles. The van der Waals surface area contributed by atoms with Crippen molar-refractivity contribution in [2.75, 3.05) is 26.7 Å². The van der Waals surface area contributed by atoms with Crippen LogP contribution in [0.4, 0.5) is 4.79 Å². The van der Waals surface area contributed by atoms with Crippen molar-refractivity contribution in [1.29, 1.82) is 0 Å². The van der Waals surface area contributed by atoms with Gasteiger partial charge in [-0.05, 0) is 33.1 Å². The maximum absolute atomic E-state index is 12.3. The molecule has 2 heterocycles. The Bertz CT molecular complexity index is 566. The van der Waals surface area contributed by atoms with E-state index in [0.717, 1.165) is 47.9 Å². The lowest BCUT2D eigenvalue weighted by atomic mass is 10.2. The Kier molecular flexibility index (Phi) is 5.98. The average molecular weight is 338 g/mol. The number of hydrogen-bond donors (Lipinski definition) is 1. The van der Waals surface area contributed by atoms with E-state index in [-0.39, 0.29) is 24.5 Å². The van der Waals surface area contributed by atoms with Crippen LogP contribution in [0.5, 0.6) is 0 Å². The molecule has 1 saturated heterocycles. The Balaban J connectivity index is 1.90. The van der Waals surface area contributed by atoms with E-state index in [1.807, 2.05) is 18.7 Å². The van der Waals surface area contributed by atoms with Gasteiger partial charge in [0.1, 0.15) is 0 Å². The zero-order valence-corrected chi connectivity index (χ0v) is 15.2. The maximum Gasteiger partial charge on any atom is 0.318 e. The van der Waals surface area contributed by atoms with Gasteiger partial charge >= 0.3 is 6.03 Å². The number of nitrogens with one attached hydrogen (secondary N) is 1. The summed E-state index contributed by atoms with van der Waals surface area (Å²) in [6, 6.07) is -0.286. The average Bonchev–Trinajstić information content (AvgIpc) is 3.20. The number of rotatable bonds is 5. The topological polar surface area (TPSA) is 65.5 Å². The van der Waals surface area contributed by atoms with Gasteiger partial charge < -0.3 is 15.1 Å². The van der Waals surface area contributed by atoms with Crippen molar-refractivity contribution in [2.24, 2.45) is 0 Å². The maximum atomic E-state index is 12.3. The van der Waals surface area contributed by atoms with Crippen LogP contribution < -0.4 is 5.32 Å². The quantitative estimate of drug-likeness (QED) is 0.896. The molecule has 0 radical (unpaired) electrons. The van der Waals surface area contributed by atoms with Gasteiger partial charge in [0.2, 0.25) is 5.91 Å². The monoisotopic (exact) mass is 338 g/mol. The van der Waals surface area contributed by atoms with Crippen molar-refractivity contribution in [3.63, 3.8) is 0 Å². The Hall–Kier alpha value is -1.63. The summed E-state index contributed by atoms with van der Waals surface area (Å²) in [4.78, 5) is 33.4. The summed E-state index contributed by atoms with van der Waals surface area (Å²) in [6.45, 7) is 7.72. The van der Waals surface area contributed by atoms with Gasteiger partial charge in [-0.3, -0.25) is 4.79 Å². The van der Waals surface area contributed by atoms with Gasteiger partial charge in [0.15, 0.2) is 0 Å². The molecule has 0 spiro atoms. The van der Waals surface area contributed by atoms with Gasteiger partial charge in [-0.2, -0.15) is 0 Å². The molecule has 0 bridgehead atoms. The number of nitrogens with zero attached hydrogens (tertiary/aromatic N) is 3. The number of urea groups is 1. The Morgan fingerprint density at radius 1 is 1.39 bits per heavy atom. The van der Waals surface area contributed by atoms with E-state index in [1.165, 1.54) is 0 Å². The molecule has 128 valence electrons. The fraction of sp³-hybridized carbons (Fsp3) is 0.688. The zero-order chi connectivity index (χ0) is 17.0. The molecule has 1 aromatic heterocycles. The number of carbonyl (C=O) groups is 2. The third-order valence-electron chi connectivity index (χ3n) is 4.31. The van der Waals surface area contributed by atoms with Crippen molar-refractivity contribution in [2.45, 2.75) is 46.1 Å². The Labute approximate surface area is 141 Å². The largest absolute Gasteiger partial charge is 0.341 e. The van der Waals surface area contributed by atoms with Crippen LogP contribution in [0.25, 0.3) is 0 Å². The van der Waals surface area contributed by atoms with E-state index < -0.39 is 0 Å². The normalized spacial score (nSPS) is 15.6. The molecule has 1 aromatic rings. The molecule has 3 amide bonds. The van der Waals surface area contributed by atoms with Crippen LogP contribution in [0.2, 0.25) is 0 Å². The van der Waals surface area contributed by atoms with Gasteiger partial charge in [-0.15, -0.1) is 11.3 Å². The second kappa shape index (κ2) is 7.77. The second-order valence-electron chi connectivity index (χ2n) is 5.94. The molecular weight excluding hydrogens is 312 g/mol. The fourth-order valence-corrected chi connectivity index (χ4v) is 3.81. The highest BCUT2D eigenvalue weighted by molar-refractivity contribution is 7.11. The predicted molar refractivity (Wildman–Crippen MR) is 91.6 cm³/mol. The molecule has 0 aromatic carbocycles. The Morgan fingerprint density at radius 2 is 2.04 bits per heavy atom. The summed E-state index contributed by atoms with van der Waals surface area (Å²) in [5, 5.41) is 3.82. The first-order chi connectivity index (χ1) is 10.9. The van der Waals surface area contributed by atoms with Crippen molar-refractivity contribution >= 4 is 23.3 Å². The standard InChI is InChI=1S/C16H26N4O2S/c1-5-13-18-11(2)15(23-13)12(3)19(4)16(22)17-10-14(21)20-8-6-7-9-20/h12H,5-10H2,1-4H3,(H,17,22)/t12-/m0/s1. The van der Waals surface area contributed by atoms with Crippen molar-refractivity contribution in [3.05, 3.63) is 15.6 Å². The SMILES string of the molecule is CCc1nc(C)c([C@H](C)N(C)C(=O)NCC(=O)N2CCCC2)s1. The van der Waals surface area contributed by atoms with E-state index >= 15 is 0 Å². The first kappa shape index (κ1) is 17.7. The van der Waals surface area contributed by atoms with Crippen LogP contribution >= 0.6 is 11.3 Å². The highest BCUT2D eigenvalue weighted by Crippen LogP contribution is 2.28. The van der Waals surface area contributed by atoms with Gasteiger partial charge in [0.05, 0.1) is 23.3 Å². The molecule has 1 fully saturated rings. The zero-order valence-electron chi connectivity index (χ0n) is 14.4. The lowest BCUT2D eigenvalue weighted by Gasteiger charge is -2.25. The number of aromatic nitrogens is 1. The van der Waals surface area contributed by atoms with Crippen LogP contribution in [0, 0.1) is 6.92 Å². The molecule has 0 aliphatic carbocycles. The molecule has 1 N–H and O–H groups in total. The van der Waals surface area contributed by atoms with Crippen LogP contribution in [-0.4, -0.2) is 53.4 Å². The molecule has 1 atom stereocenters. The Morgan fingerprint density at radius 3 is 2.61 bits per heavy atom. The van der Waals surface area contributed by atoms with Gasteiger partial charge in [-0.25, -0.2) is 9.78 Å². The third-order valence-corrected chi connectivity index (χ3v) is 5.78. The number of thiazole rings is 1. The smallest absolute Gasteiger partial charge is 0.318 e. The van der Waals surface area contributed by atoms with Crippen LogP contribution in [0.1, 0.15) is 48.3 Å². The molecule has 7 heteroatoms. The summed E-state index contributed by atoms with van der Waals surface area (Å²) in [6.07, 6.45) is 3.01. The molecule has 2 rings (SSSR count). The molecule has 1 aliphatic heterocycles. The highest BCUT2D eigenvalue weighted by Gasteiger charge is 2.23. The minimum atomic E-state index is -0.226. The van der Waals surface area contributed by atoms with Crippen molar-refractivity contribution < 1.29 is 9.59 Å². The number of amides is 3. The minimum Gasteiger partial charge on any atom is -0.341 e. The summed E-state index contributed by atoms with van der Waals surface area (Å²) in [7, 11) is 1.76. The number of aryl methyl sites for hydroxylation is 2. The van der Waals surface area contributed by atoms with Crippen LogP contribution in [0.3, 0.4) is 0 Å². The van der Waals surface area contributed by atoms with E-state index in [2.05, 4.69) is 17.2 Å². The molecule has 23 heavy (non-hydrogen) atoms. The van der Waals surface area contributed by atoms with Crippen molar-refractivity contribution in [1.82, 2.24) is 20.1 Å². The van der Waals surface area contributed by atoms with Gasteiger partial charge in [0, 0.05) is 25.0 Å². The van der Waals surface area contributed by atoms with Gasteiger partial charge in [0.25, 0.3) is 0 Å². The summed E-state index contributed by atoms with van der Waals surface area (Å²) in [5.41, 5.74) is 0.979. The van der Waals surface area contributed by atoms with E-state index in [9.17, 15) is 9.59 Å². The lowest BCUT2D eigenvalue weighted by molar-refractivity contribution is -0.129. The number of carbonyl (C=O) groups excluding carboxylic acids is 2. The fourth-order valence-electron chi connectivity index (χ4n) is 2.71. The minimum absolute atomic E-state index is 0.000793. The highest BCUT2D eigenvalue weighted by atomic mass is 32.1. The predicted octanol–water partition coefficient (Wildman–Crippen LogP) is 2.34. The number of likely N-dealkylation sites (tertiary alicyclic amines) is 1. The van der Waals surface area contributed by atoms with Gasteiger partial charge in [-0.1, -0.05) is 6.92 Å². The number of hydrogen-bond acceptors (Lipinski definition) is 4. The van der Waals surface area contributed by atoms with Crippen LogP contribution in [0.15, 0.2) is 0 Å². The third kappa shape index (κ3) is 4.22. The first-order valence-electron chi connectivity index (χ1n) is 8.18. The van der Waals surface area contributed by atoms with E-state index in [0.29, 0.717) is 0 Å². The molecule has 6 nitrogen and oxygen atoms in total. The van der Waals surface area contributed by atoms with Crippen LogP contribution in [-0.2, 0) is 11.2 Å². The molecule has 1 aliphatic rings. The van der Waals surface area contributed by atoms with E-state index in [4.69, 9.17) is 0 Å². The lowest BCUT2D eigenvalue weighted by Crippen LogP contribution is -2.44. The second-order valence-corrected chi connectivity index (χ2v) is 7.06. The van der Waals surface area contributed by atoms with E-state index in [1.54, 1.807) is 23.3 Å². The summed E-state index contributed by atoms with van der Waals surface area (Å²) >= 11 is 1.65. The molecular formula is C16H26N4O2S. The van der Waals surface area contributed by atoms with Crippen molar-refractivity contribution in [3.8, 4) is 0 Å². The summed E-state index contributed by atoms with van der Waals surface area (Å²) in [5.74, 6) is -0.000793. The first-order valence-corrected chi connectivity index (χ1v) is 9.00. The summed E-state index contributed by atoms with van der Waals surface area (Å²) < 4.78 is 0. The molecule has 0 unspecified atom stereocenters.